The Balaban J connectivity index is 2.16. The van der Waals surface area contributed by atoms with Crippen molar-refractivity contribution in [2.75, 3.05) is 13.2 Å². The molecular formula is C26H41N3O5. The Morgan fingerprint density at radius 1 is 1.24 bits per heavy atom. The summed E-state index contributed by atoms with van der Waals surface area (Å²) in [6, 6.07) is 6.28. The van der Waals surface area contributed by atoms with Crippen LogP contribution >= 0.6 is 0 Å². The first-order valence-corrected chi connectivity index (χ1v) is 12.6. The van der Waals surface area contributed by atoms with Crippen molar-refractivity contribution in [2.45, 2.75) is 90.3 Å². The first-order valence-electron chi connectivity index (χ1n) is 12.6. The highest BCUT2D eigenvalue weighted by Crippen LogP contribution is 2.19. The number of hydrogen-bond donors (Lipinski definition) is 4. The average molecular weight is 476 g/mol. The van der Waals surface area contributed by atoms with Crippen molar-refractivity contribution in [1.29, 1.82) is 0 Å². The van der Waals surface area contributed by atoms with Gasteiger partial charge in [0.15, 0.2) is 0 Å². The summed E-state index contributed by atoms with van der Waals surface area (Å²) in [5, 5.41) is 19.6. The number of hydrogen-bond acceptors (Lipinski definition) is 5. The Kier molecular flexibility index (Phi) is 11.9. The van der Waals surface area contributed by atoms with Crippen molar-refractivity contribution in [1.82, 2.24) is 16.0 Å². The fourth-order valence-electron chi connectivity index (χ4n) is 3.94. The number of fused-ring (bicyclic) bond motifs is 2. The van der Waals surface area contributed by atoms with E-state index in [1.165, 1.54) is 0 Å². The lowest BCUT2D eigenvalue weighted by molar-refractivity contribution is -0.129. The minimum atomic E-state index is -0.942. The first kappa shape index (κ1) is 27.6. The van der Waals surface area contributed by atoms with Gasteiger partial charge in [-0.2, -0.15) is 0 Å². The predicted molar refractivity (Wildman–Crippen MR) is 131 cm³/mol. The van der Waals surface area contributed by atoms with E-state index < -0.39 is 24.1 Å². The van der Waals surface area contributed by atoms with Gasteiger partial charge in [-0.3, -0.25) is 14.4 Å². The summed E-state index contributed by atoms with van der Waals surface area (Å²) in [5.41, 5.74) is 0.908. The fourth-order valence-corrected chi connectivity index (χ4v) is 3.94. The largest absolute Gasteiger partial charge is 0.494 e. The molecule has 2 rings (SSSR count). The number of ether oxygens (including phenoxy) is 1. The van der Waals surface area contributed by atoms with Crippen LogP contribution in [0.15, 0.2) is 24.3 Å². The lowest BCUT2D eigenvalue weighted by Crippen LogP contribution is -2.52. The van der Waals surface area contributed by atoms with Gasteiger partial charge >= 0.3 is 0 Å². The molecule has 1 heterocycles. The summed E-state index contributed by atoms with van der Waals surface area (Å²) in [5.74, 6) is -0.315. The maximum absolute atomic E-state index is 12.8. The van der Waals surface area contributed by atoms with Crippen molar-refractivity contribution in [3.05, 3.63) is 29.8 Å². The number of aliphatic hydroxyl groups is 1. The summed E-state index contributed by atoms with van der Waals surface area (Å²) in [4.78, 5) is 37.4. The van der Waals surface area contributed by atoms with E-state index in [1.54, 1.807) is 13.8 Å². The molecule has 8 nitrogen and oxygen atoms in total. The van der Waals surface area contributed by atoms with Gasteiger partial charge < -0.3 is 25.8 Å². The topological polar surface area (TPSA) is 117 Å². The van der Waals surface area contributed by atoms with E-state index in [1.807, 2.05) is 24.3 Å². The number of carbonyl (C=O) groups excluding carboxylic acids is 3. The molecule has 0 aromatic heterocycles. The Morgan fingerprint density at radius 2 is 2.03 bits per heavy atom. The summed E-state index contributed by atoms with van der Waals surface area (Å²) in [6.07, 6.45) is 4.31. The van der Waals surface area contributed by atoms with Crippen LogP contribution in [-0.4, -0.2) is 54.2 Å². The Bertz CT molecular complexity index is 800. The monoisotopic (exact) mass is 475 g/mol. The molecule has 8 heteroatoms. The van der Waals surface area contributed by atoms with Gasteiger partial charge in [-0.05, 0) is 63.1 Å². The molecule has 1 aliphatic rings. The molecule has 4 N–H and O–H groups in total. The van der Waals surface area contributed by atoms with Crippen LogP contribution in [0.2, 0.25) is 0 Å². The van der Waals surface area contributed by atoms with E-state index in [2.05, 4.69) is 22.9 Å². The van der Waals surface area contributed by atoms with Crippen LogP contribution < -0.4 is 20.7 Å². The molecule has 190 valence electrons. The zero-order valence-electron chi connectivity index (χ0n) is 20.8. The highest BCUT2D eigenvalue weighted by Gasteiger charge is 2.28. The van der Waals surface area contributed by atoms with Gasteiger partial charge in [-0.15, -0.1) is 0 Å². The molecule has 2 unspecified atom stereocenters. The highest BCUT2D eigenvalue weighted by atomic mass is 16.5. The van der Waals surface area contributed by atoms with Gasteiger partial charge in [0, 0.05) is 18.9 Å². The van der Waals surface area contributed by atoms with E-state index in [4.69, 9.17) is 4.74 Å². The lowest BCUT2D eigenvalue weighted by Gasteiger charge is -2.28. The number of carbonyl (C=O) groups is 3. The van der Waals surface area contributed by atoms with E-state index in [-0.39, 0.29) is 24.1 Å². The van der Waals surface area contributed by atoms with Crippen LogP contribution in [0.5, 0.6) is 5.75 Å². The van der Waals surface area contributed by atoms with Crippen LogP contribution in [0.3, 0.4) is 0 Å². The van der Waals surface area contributed by atoms with Gasteiger partial charge in [0.2, 0.25) is 17.7 Å². The van der Waals surface area contributed by atoms with Crippen LogP contribution in [-0.2, 0) is 20.8 Å². The molecule has 0 radical (unpaired) electrons. The smallest absolute Gasteiger partial charge is 0.242 e. The van der Waals surface area contributed by atoms with Crippen molar-refractivity contribution in [2.24, 2.45) is 5.92 Å². The third kappa shape index (κ3) is 9.71. The molecule has 0 saturated heterocycles. The van der Waals surface area contributed by atoms with Crippen LogP contribution in [0.1, 0.15) is 71.3 Å². The van der Waals surface area contributed by atoms with Gasteiger partial charge in [-0.25, -0.2) is 0 Å². The molecule has 0 aliphatic carbocycles. The normalized spacial score (nSPS) is 22.0. The minimum Gasteiger partial charge on any atom is -0.494 e. The predicted octanol–water partition coefficient (Wildman–Crippen LogP) is 2.47. The summed E-state index contributed by atoms with van der Waals surface area (Å²) in [6.45, 7) is 6.65. The van der Waals surface area contributed by atoms with Crippen LogP contribution in [0.25, 0.3) is 0 Å². The molecule has 3 amide bonds. The Morgan fingerprint density at radius 3 is 2.79 bits per heavy atom. The van der Waals surface area contributed by atoms with Gasteiger partial charge in [0.1, 0.15) is 11.8 Å². The van der Waals surface area contributed by atoms with E-state index in [0.29, 0.717) is 26.0 Å². The molecule has 1 aromatic carbocycles. The average Bonchev–Trinajstić information content (AvgIpc) is 2.80. The zero-order chi connectivity index (χ0) is 24.9. The van der Waals surface area contributed by atoms with Crippen molar-refractivity contribution < 1.29 is 24.2 Å². The third-order valence-corrected chi connectivity index (χ3v) is 6.11. The lowest BCUT2D eigenvalue weighted by atomic mass is 9.93. The van der Waals surface area contributed by atoms with E-state index in [9.17, 15) is 19.5 Å². The van der Waals surface area contributed by atoms with E-state index >= 15 is 0 Å². The van der Waals surface area contributed by atoms with Gasteiger partial charge in [0.25, 0.3) is 0 Å². The summed E-state index contributed by atoms with van der Waals surface area (Å²) >= 11 is 0. The van der Waals surface area contributed by atoms with Gasteiger partial charge in [0.05, 0.1) is 18.8 Å². The zero-order valence-corrected chi connectivity index (χ0v) is 20.8. The summed E-state index contributed by atoms with van der Waals surface area (Å²) < 4.78 is 5.85. The second kappa shape index (κ2) is 14.6. The van der Waals surface area contributed by atoms with Crippen LogP contribution in [0, 0.1) is 5.92 Å². The quantitative estimate of drug-likeness (QED) is 0.452. The van der Waals surface area contributed by atoms with Gasteiger partial charge in [-0.1, -0.05) is 32.4 Å². The SMILES string of the molecule is CCCCNC(=O)C(C)CC(O)[C@@H]1Cc2cccc(c2)OCCCCCC(=O)N[C@@H](C)C(=O)N1. The molecule has 0 fully saturated rings. The highest BCUT2D eigenvalue weighted by molar-refractivity contribution is 5.87. The first-order chi connectivity index (χ1) is 16.3. The molecule has 2 bridgehead atoms. The molecule has 1 aromatic rings. The van der Waals surface area contributed by atoms with Crippen molar-refractivity contribution in [3.8, 4) is 5.75 Å². The Hall–Kier alpha value is -2.61. The molecule has 4 atom stereocenters. The second-order valence-corrected chi connectivity index (χ2v) is 9.26. The fraction of sp³-hybridized carbons (Fsp3) is 0.654. The van der Waals surface area contributed by atoms with E-state index in [0.717, 1.165) is 43.4 Å². The standard InChI is InChI=1S/C26H41N3O5/c1-4-5-13-27-25(32)18(2)15-23(30)22-17-20-10-9-11-21(16-20)34-14-8-6-7-12-24(31)28-19(3)26(33)29-22/h9-11,16,18-19,22-23,30H,4-8,12-15,17H2,1-3H3,(H,27,32)(H,28,31)(H,29,33)/t18?,19-,22-,23?/m0/s1. The number of rotatable bonds is 7. The molecule has 0 spiro atoms. The molecule has 1 aliphatic heterocycles. The number of aliphatic hydroxyl groups excluding tert-OH is 1. The summed E-state index contributed by atoms with van der Waals surface area (Å²) in [7, 11) is 0. The number of amides is 3. The molecule has 0 saturated carbocycles. The van der Waals surface area contributed by atoms with Crippen molar-refractivity contribution in [3.63, 3.8) is 0 Å². The Labute approximate surface area is 203 Å². The number of unbranched alkanes of at least 4 members (excludes halogenated alkanes) is 1. The maximum atomic E-state index is 12.8. The number of nitrogens with one attached hydrogen (secondary N) is 3. The molecular weight excluding hydrogens is 434 g/mol. The maximum Gasteiger partial charge on any atom is 0.242 e. The molecule has 34 heavy (non-hydrogen) atoms. The third-order valence-electron chi connectivity index (χ3n) is 6.11. The second-order valence-electron chi connectivity index (χ2n) is 9.26. The van der Waals surface area contributed by atoms with Crippen molar-refractivity contribution >= 4 is 17.7 Å². The van der Waals surface area contributed by atoms with Crippen LogP contribution in [0.4, 0.5) is 0 Å². The minimum absolute atomic E-state index is 0.108. The number of benzene rings is 1.